The summed E-state index contributed by atoms with van der Waals surface area (Å²) in [5, 5.41) is 8.74. The number of nitrogen functional groups attached to an aromatic ring is 1. The lowest BCUT2D eigenvalue weighted by atomic mass is 10.3. The highest BCUT2D eigenvalue weighted by Gasteiger charge is 1.98. The second-order valence-corrected chi connectivity index (χ2v) is 2.67. The summed E-state index contributed by atoms with van der Waals surface area (Å²) in [5.74, 6) is 0.482. The van der Waals surface area contributed by atoms with Gasteiger partial charge in [-0.25, -0.2) is 0 Å². The fourth-order valence-electron chi connectivity index (χ4n) is 0.764. The van der Waals surface area contributed by atoms with Crippen LogP contribution in [0.4, 0.5) is 5.69 Å². The zero-order valence-corrected chi connectivity index (χ0v) is 7.45. The maximum atomic E-state index is 8.19. The maximum Gasteiger partial charge on any atom is 0.149 e. The molecule has 13 heavy (non-hydrogen) atoms. The molecule has 3 nitrogen and oxygen atoms in total. The van der Waals surface area contributed by atoms with Crippen molar-refractivity contribution >= 4 is 17.3 Å². The summed E-state index contributed by atoms with van der Waals surface area (Å²) < 4.78 is 5.05. The molecule has 2 N–H and O–H groups in total. The van der Waals surface area contributed by atoms with Crippen LogP contribution in [0.2, 0.25) is 5.02 Å². The number of benzene rings is 1. The van der Waals surface area contributed by atoms with Gasteiger partial charge >= 0.3 is 0 Å². The van der Waals surface area contributed by atoms with Crippen LogP contribution in [0.3, 0.4) is 0 Å². The van der Waals surface area contributed by atoms with Crippen LogP contribution in [0.25, 0.3) is 0 Å². The van der Waals surface area contributed by atoms with Crippen molar-refractivity contribution < 1.29 is 4.74 Å². The molecule has 0 saturated carbocycles. The molecule has 0 aliphatic carbocycles. The molecule has 0 aliphatic rings. The summed E-state index contributed by atoms with van der Waals surface area (Å²) in [6.07, 6.45) is 2.48. The molecule has 0 aromatic heterocycles. The molecule has 0 fully saturated rings. The monoisotopic (exact) mass is 194 g/mol. The zero-order valence-electron chi connectivity index (χ0n) is 6.70. The standard InChI is InChI=1S/C9H7ClN2O/c10-7-2-3-9(8(12)6-7)13-5-1-4-11/h1-3,5-6H,12H2/b5-1+. The Bertz CT molecular complexity index is 368. The number of ether oxygens (including phenoxy) is 1. The van der Waals surface area contributed by atoms with Crippen molar-refractivity contribution in [2.24, 2.45) is 0 Å². The van der Waals surface area contributed by atoms with E-state index in [-0.39, 0.29) is 0 Å². The van der Waals surface area contributed by atoms with Crippen LogP contribution in [-0.2, 0) is 0 Å². The third-order valence-corrected chi connectivity index (χ3v) is 1.54. The minimum Gasteiger partial charge on any atom is -0.462 e. The predicted molar refractivity (Wildman–Crippen MR) is 51.2 cm³/mol. The van der Waals surface area contributed by atoms with E-state index in [1.807, 2.05) is 0 Å². The maximum absolute atomic E-state index is 8.19. The molecular formula is C9H7ClN2O. The van der Waals surface area contributed by atoms with Gasteiger partial charge in [-0.2, -0.15) is 5.26 Å². The molecule has 0 amide bonds. The first-order valence-corrected chi connectivity index (χ1v) is 3.88. The smallest absolute Gasteiger partial charge is 0.149 e. The van der Waals surface area contributed by atoms with Crippen LogP contribution >= 0.6 is 11.6 Å². The zero-order chi connectivity index (χ0) is 9.68. The van der Waals surface area contributed by atoms with E-state index in [9.17, 15) is 0 Å². The van der Waals surface area contributed by atoms with E-state index in [4.69, 9.17) is 27.3 Å². The first kappa shape index (κ1) is 9.43. The van der Waals surface area contributed by atoms with Crippen LogP contribution in [0, 0.1) is 11.3 Å². The fraction of sp³-hybridized carbons (Fsp3) is 0. The predicted octanol–water partition coefficient (Wildman–Crippen LogP) is 2.34. The first-order chi connectivity index (χ1) is 6.24. The Kier molecular flexibility index (Phi) is 3.18. The van der Waals surface area contributed by atoms with Gasteiger partial charge in [-0.05, 0) is 18.2 Å². The quantitative estimate of drug-likeness (QED) is 0.447. The molecule has 0 unspecified atom stereocenters. The molecule has 1 rings (SSSR count). The molecule has 0 aliphatic heterocycles. The van der Waals surface area contributed by atoms with Gasteiger partial charge in [0.05, 0.1) is 17.8 Å². The largest absolute Gasteiger partial charge is 0.462 e. The van der Waals surface area contributed by atoms with Gasteiger partial charge in [-0.1, -0.05) is 11.6 Å². The molecule has 0 atom stereocenters. The van der Waals surface area contributed by atoms with Gasteiger partial charge in [0.2, 0.25) is 0 Å². The highest BCUT2D eigenvalue weighted by atomic mass is 35.5. The van der Waals surface area contributed by atoms with Gasteiger partial charge in [0.15, 0.2) is 0 Å². The molecule has 1 aromatic rings. The first-order valence-electron chi connectivity index (χ1n) is 3.50. The van der Waals surface area contributed by atoms with Crippen LogP contribution in [0.15, 0.2) is 30.5 Å². The van der Waals surface area contributed by atoms with Crippen LogP contribution < -0.4 is 10.5 Å². The van der Waals surface area contributed by atoms with Gasteiger partial charge < -0.3 is 10.5 Å². The summed E-state index contributed by atoms with van der Waals surface area (Å²) in [6.45, 7) is 0. The van der Waals surface area contributed by atoms with Crippen molar-refractivity contribution in [1.29, 1.82) is 5.26 Å². The second-order valence-electron chi connectivity index (χ2n) is 2.23. The van der Waals surface area contributed by atoms with Gasteiger partial charge in [0.25, 0.3) is 0 Å². The summed E-state index contributed by atoms with van der Waals surface area (Å²) in [5.41, 5.74) is 6.02. The Hall–Kier alpha value is -1.66. The number of hydrogen-bond acceptors (Lipinski definition) is 3. The molecule has 1 aromatic carbocycles. The van der Waals surface area contributed by atoms with Crippen LogP contribution in [0.5, 0.6) is 5.75 Å². The summed E-state index contributed by atoms with van der Waals surface area (Å²) in [6, 6.07) is 6.68. The topological polar surface area (TPSA) is 59.0 Å². The van der Waals surface area contributed by atoms with E-state index in [0.29, 0.717) is 16.5 Å². The SMILES string of the molecule is N#C/C=C/Oc1ccc(Cl)cc1N. The van der Waals surface area contributed by atoms with E-state index in [2.05, 4.69) is 0 Å². The van der Waals surface area contributed by atoms with Gasteiger partial charge in [0, 0.05) is 5.02 Å². The number of nitriles is 1. The second kappa shape index (κ2) is 4.39. The lowest BCUT2D eigenvalue weighted by Gasteiger charge is -2.03. The van der Waals surface area contributed by atoms with E-state index in [1.54, 1.807) is 24.3 Å². The minimum absolute atomic E-state index is 0.440. The van der Waals surface area contributed by atoms with Gasteiger partial charge in [-0.3, -0.25) is 0 Å². The minimum atomic E-state index is 0.440. The van der Waals surface area contributed by atoms with Crippen molar-refractivity contribution in [3.63, 3.8) is 0 Å². The van der Waals surface area contributed by atoms with E-state index < -0.39 is 0 Å². The van der Waals surface area contributed by atoms with Crippen molar-refractivity contribution in [2.75, 3.05) is 5.73 Å². The number of hydrogen-bond donors (Lipinski definition) is 1. The molecule has 0 bridgehead atoms. The van der Waals surface area contributed by atoms with E-state index in [0.717, 1.165) is 0 Å². The average molecular weight is 195 g/mol. The summed E-state index contributed by atoms with van der Waals surface area (Å²) >= 11 is 5.67. The van der Waals surface area contributed by atoms with Gasteiger partial charge in [0.1, 0.15) is 12.0 Å². The molecule has 0 heterocycles. The lowest BCUT2D eigenvalue weighted by Crippen LogP contribution is -1.90. The molecule has 0 radical (unpaired) electrons. The summed E-state index contributed by atoms with van der Waals surface area (Å²) in [7, 11) is 0. The third kappa shape index (κ3) is 2.69. The molecule has 4 heteroatoms. The van der Waals surface area contributed by atoms with Crippen LogP contribution in [0.1, 0.15) is 0 Å². The summed E-state index contributed by atoms with van der Waals surface area (Å²) in [4.78, 5) is 0. The third-order valence-electron chi connectivity index (χ3n) is 1.31. The average Bonchev–Trinajstić information content (AvgIpc) is 2.09. The number of nitrogens with two attached hydrogens (primary N) is 1. The Balaban J connectivity index is 2.79. The highest BCUT2D eigenvalue weighted by molar-refractivity contribution is 6.30. The number of halogens is 1. The Morgan fingerprint density at radius 2 is 2.31 bits per heavy atom. The van der Waals surface area contributed by atoms with Crippen LogP contribution in [-0.4, -0.2) is 0 Å². The van der Waals surface area contributed by atoms with E-state index in [1.165, 1.54) is 12.3 Å². The fourth-order valence-corrected chi connectivity index (χ4v) is 0.945. The van der Waals surface area contributed by atoms with Gasteiger partial charge in [-0.15, -0.1) is 0 Å². The van der Waals surface area contributed by atoms with Crippen molar-refractivity contribution in [1.82, 2.24) is 0 Å². The number of nitrogens with zero attached hydrogens (tertiary/aromatic N) is 1. The Morgan fingerprint density at radius 1 is 1.54 bits per heavy atom. The molecule has 0 spiro atoms. The lowest BCUT2D eigenvalue weighted by molar-refractivity contribution is 0.484. The number of anilines is 1. The Labute approximate surface area is 81.0 Å². The molecule has 66 valence electrons. The molecule has 0 saturated heterocycles. The van der Waals surface area contributed by atoms with Crippen molar-refractivity contribution in [2.45, 2.75) is 0 Å². The number of rotatable bonds is 2. The van der Waals surface area contributed by atoms with Crippen molar-refractivity contribution in [3.05, 3.63) is 35.6 Å². The normalized spacial score (nSPS) is 9.85. The highest BCUT2D eigenvalue weighted by Crippen LogP contribution is 2.24. The number of allylic oxidation sites excluding steroid dienone is 1. The van der Waals surface area contributed by atoms with Crippen molar-refractivity contribution in [3.8, 4) is 11.8 Å². The molecular weight excluding hydrogens is 188 g/mol. The Morgan fingerprint density at radius 3 is 2.92 bits per heavy atom. The van der Waals surface area contributed by atoms with E-state index >= 15 is 0 Å².